The molecule has 7 nitrogen and oxygen atoms in total. The lowest BCUT2D eigenvalue weighted by atomic mass is 10.2. The molecule has 0 aliphatic carbocycles. The first-order valence-electron chi connectivity index (χ1n) is 9.08. The second kappa shape index (κ2) is 9.12. The standard InChI is InChI=1S/C21H24N2O5/c1-26-18-8-6-17(7-9-18)22-10-12-23(13-11-22)20(24)15-28-21(25)16-4-3-5-19(14-16)27-2/h3-9,14H,10-13,15H2,1-2H3. The molecule has 1 amide bonds. The predicted octanol–water partition coefficient (Wildman–Crippen LogP) is 2.21. The van der Waals surface area contributed by atoms with E-state index in [1.807, 2.05) is 24.3 Å². The molecule has 7 heteroatoms. The van der Waals surface area contributed by atoms with Gasteiger partial charge in [0.2, 0.25) is 0 Å². The maximum Gasteiger partial charge on any atom is 0.338 e. The van der Waals surface area contributed by atoms with Crippen molar-refractivity contribution in [2.75, 3.05) is 51.9 Å². The SMILES string of the molecule is COc1ccc(N2CCN(C(=O)COC(=O)c3cccc(OC)c3)CC2)cc1. The second-order valence-corrected chi connectivity index (χ2v) is 6.37. The van der Waals surface area contributed by atoms with Crippen molar-refractivity contribution in [1.29, 1.82) is 0 Å². The summed E-state index contributed by atoms with van der Waals surface area (Å²) in [5.74, 6) is 0.653. The van der Waals surface area contributed by atoms with Crippen LogP contribution in [-0.4, -0.2) is 63.8 Å². The van der Waals surface area contributed by atoms with Gasteiger partial charge in [0.1, 0.15) is 11.5 Å². The zero-order valence-electron chi connectivity index (χ0n) is 16.1. The highest BCUT2D eigenvalue weighted by Crippen LogP contribution is 2.20. The molecule has 0 aromatic heterocycles. The van der Waals surface area contributed by atoms with E-state index in [0.29, 0.717) is 24.4 Å². The highest BCUT2D eigenvalue weighted by molar-refractivity contribution is 5.91. The Morgan fingerprint density at radius 1 is 0.893 bits per heavy atom. The van der Waals surface area contributed by atoms with E-state index in [1.54, 1.807) is 36.3 Å². The Hall–Kier alpha value is -3.22. The lowest BCUT2D eigenvalue weighted by Crippen LogP contribution is -2.49. The molecule has 2 aromatic carbocycles. The lowest BCUT2D eigenvalue weighted by molar-refractivity contribution is -0.134. The van der Waals surface area contributed by atoms with E-state index in [2.05, 4.69) is 4.90 Å². The summed E-state index contributed by atoms with van der Waals surface area (Å²) in [7, 11) is 3.17. The van der Waals surface area contributed by atoms with Gasteiger partial charge in [-0.15, -0.1) is 0 Å². The number of esters is 1. The third kappa shape index (κ3) is 4.73. The first-order valence-corrected chi connectivity index (χ1v) is 9.08. The van der Waals surface area contributed by atoms with Gasteiger partial charge in [-0.05, 0) is 42.5 Å². The zero-order valence-corrected chi connectivity index (χ0v) is 16.1. The molecular formula is C21H24N2O5. The zero-order chi connectivity index (χ0) is 19.9. The van der Waals surface area contributed by atoms with Gasteiger partial charge in [-0.1, -0.05) is 6.07 Å². The van der Waals surface area contributed by atoms with Crippen LogP contribution in [0, 0.1) is 0 Å². The molecule has 28 heavy (non-hydrogen) atoms. The molecule has 0 spiro atoms. The number of hydrogen-bond donors (Lipinski definition) is 0. The van der Waals surface area contributed by atoms with Crippen LogP contribution in [0.2, 0.25) is 0 Å². The lowest BCUT2D eigenvalue weighted by Gasteiger charge is -2.36. The van der Waals surface area contributed by atoms with Gasteiger partial charge in [0.15, 0.2) is 6.61 Å². The average molecular weight is 384 g/mol. The molecule has 148 valence electrons. The van der Waals surface area contributed by atoms with Crippen LogP contribution < -0.4 is 14.4 Å². The highest BCUT2D eigenvalue weighted by Gasteiger charge is 2.22. The van der Waals surface area contributed by atoms with Crippen LogP contribution >= 0.6 is 0 Å². The second-order valence-electron chi connectivity index (χ2n) is 6.37. The van der Waals surface area contributed by atoms with Crippen molar-refractivity contribution in [2.24, 2.45) is 0 Å². The first-order chi connectivity index (χ1) is 13.6. The number of methoxy groups -OCH3 is 2. The molecular weight excluding hydrogens is 360 g/mol. The van der Waals surface area contributed by atoms with Gasteiger partial charge in [0.05, 0.1) is 19.8 Å². The van der Waals surface area contributed by atoms with Crippen LogP contribution in [0.4, 0.5) is 5.69 Å². The van der Waals surface area contributed by atoms with E-state index in [9.17, 15) is 9.59 Å². The number of amides is 1. The Kier molecular flexibility index (Phi) is 6.37. The molecule has 0 unspecified atom stereocenters. The Morgan fingerprint density at radius 2 is 1.57 bits per heavy atom. The van der Waals surface area contributed by atoms with Crippen molar-refractivity contribution in [2.45, 2.75) is 0 Å². The number of ether oxygens (including phenoxy) is 3. The minimum Gasteiger partial charge on any atom is -0.497 e. The molecule has 1 fully saturated rings. The number of nitrogens with zero attached hydrogens (tertiary/aromatic N) is 2. The monoisotopic (exact) mass is 384 g/mol. The van der Waals surface area contributed by atoms with Gasteiger partial charge in [0, 0.05) is 31.9 Å². The number of carbonyl (C=O) groups excluding carboxylic acids is 2. The number of anilines is 1. The first kappa shape index (κ1) is 19.5. The fraction of sp³-hybridized carbons (Fsp3) is 0.333. The molecule has 0 saturated carbocycles. The van der Waals surface area contributed by atoms with E-state index >= 15 is 0 Å². The van der Waals surface area contributed by atoms with E-state index < -0.39 is 5.97 Å². The fourth-order valence-electron chi connectivity index (χ4n) is 3.06. The largest absolute Gasteiger partial charge is 0.497 e. The highest BCUT2D eigenvalue weighted by atomic mass is 16.5. The van der Waals surface area contributed by atoms with Crippen LogP contribution in [0.3, 0.4) is 0 Å². The molecule has 0 radical (unpaired) electrons. The summed E-state index contributed by atoms with van der Waals surface area (Å²) in [5.41, 5.74) is 1.45. The number of hydrogen-bond acceptors (Lipinski definition) is 6. The van der Waals surface area contributed by atoms with Gasteiger partial charge in [-0.25, -0.2) is 4.79 Å². The van der Waals surface area contributed by atoms with Crippen molar-refractivity contribution in [1.82, 2.24) is 4.90 Å². The normalized spacial score (nSPS) is 13.8. The summed E-state index contributed by atoms with van der Waals surface area (Å²) in [4.78, 5) is 28.4. The Bertz CT molecular complexity index is 814. The number of piperazine rings is 1. The van der Waals surface area contributed by atoms with Crippen LogP contribution in [0.25, 0.3) is 0 Å². The van der Waals surface area contributed by atoms with Gasteiger partial charge in [0.25, 0.3) is 5.91 Å². The summed E-state index contributed by atoms with van der Waals surface area (Å²) in [6.45, 7) is 2.35. The topological polar surface area (TPSA) is 68.3 Å². The van der Waals surface area contributed by atoms with Gasteiger partial charge >= 0.3 is 5.97 Å². The maximum atomic E-state index is 12.4. The Balaban J connectivity index is 1.47. The summed E-state index contributed by atoms with van der Waals surface area (Å²) < 4.78 is 15.4. The molecule has 1 heterocycles. The Morgan fingerprint density at radius 3 is 2.21 bits per heavy atom. The third-order valence-electron chi connectivity index (χ3n) is 4.70. The molecule has 1 aliphatic heterocycles. The van der Waals surface area contributed by atoms with Crippen LogP contribution in [0.1, 0.15) is 10.4 Å². The molecule has 0 N–H and O–H groups in total. The number of benzene rings is 2. The molecule has 2 aromatic rings. The molecule has 0 bridgehead atoms. The molecule has 3 rings (SSSR count). The number of carbonyl (C=O) groups is 2. The fourth-order valence-corrected chi connectivity index (χ4v) is 3.06. The van der Waals surface area contributed by atoms with Crippen molar-refractivity contribution >= 4 is 17.6 Å². The molecule has 0 atom stereocenters. The van der Waals surface area contributed by atoms with E-state index in [1.165, 1.54) is 7.11 Å². The van der Waals surface area contributed by atoms with Gasteiger partial charge < -0.3 is 24.0 Å². The molecule has 1 saturated heterocycles. The van der Waals surface area contributed by atoms with Crippen molar-refractivity contribution in [3.8, 4) is 11.5 Å². The maximum absolute atomic E-state index is 12.4. The molecule has 1 aliphatic rings. The van der Waals surface area contributed by atoms with E-state index in [0.717, 1.165) is 24.5 Å². The predicted molar refractivity (Wildman–Crippen MR) is 105 cm³/mol. The van der Waals surface area contributed by atoms with Crippen LogP contribution in [-0.2, 0) is 9.53 Å². The van der Waals surface area contributed by atoms with Crippen LogP contribution in [0.15, 0.2) is 48.5 Å². The van der Waals surface area contributed by atoms with Crippen LogP contribution in [0.5, 0.6) is 11.5 Å². The third-order valence-corrected chi connectivity index (χ3v) is 4.70. The smallest absolute Gasteiger partial charge is 0.338 e. The van der Waals surface area contributed by atoms with Gasteiger partial charge in [-0.2, -0.15) is 0 Å². The van der Waals surface area contributed by atoms with Crippen molar-refractivity contribution < 1.29 is 23.8 Å². The Labute approximate surface area is 164 Å². The minimum absolute atomic E-state index is 0.189. The summed E-state index contributed by atoms with van der Waals surface area (Å²) in [6.07, 6.45) is 0. The van der Waals surface area contributed by atoms with Gasteiger partial charge in [-0.3, -0.25) is 4.79 Å². The minimum atomic E-state index is -0.538. The van der Waals surface area contributed by atoms with Crippen molar-refractivity contribution in [3.63, 3.8) is 0 Å². The summed E-state index contributed by atoms with van der Waals surface area (Å²) in [5, 5.41) is 0. The quantitative estimate of drug-likeness (QED) is 0.712. The average Bonchev–Trinajstić information content (AvgIpc) is 2.77. The summed E-state index contributed by atoms with van der Waals surface area (Å²) >= 11 is 0. The van der Waals surface area contributed by atoms with Crippen molar-refractivity contribution in [3.05, 3.63) is 54.1 Å². The summed E-state index contributed by atoms with van der Waals surface area (Å²) in [6, 6.07) is 14.5. The van der Waals surface area contributed by atoms with E-state index in [-0.39, 0.29) is 12.5 Å². The van der Waals surface area contributed by atoms with E-state index in [4.69, 9.17) is 14.2 Å². The number of rotatable bonds is 6.